The maximum Gasteiger partial charge on any atom is 0.417 e. The van der Waals surface area contributed by atoms with E-state index in [0.717, 1.165) is 34.6 Å². The van der Waals surface area contributed by atoms with Crippen LogP contribution in [0.25, 0.3) is 0 Å². The summed E-state index contributed by atoms with van der Waals surface area (Å²) >= 11 is 0. The summed E-state index contributed by atoms with van der Waals surface area (Å²) in [5, 5.41) is 0. The molecule has 35 heavy (non-hydrogen) atoms. The highest BCUT2D eigenvalue weighted by Gasteiger charge is 2.45. The minimum absolute atomic E-state index is 0.00480. The predicted molar refractivity (Wildman–Crippen MR) is 109 cm³/mol. The Morgan fingerprint density at radius 2 is 1.69 bits per heavy atom. The summed E-state index contributed by atoms with van der Waals surface area (Å²) in [7, 11) is -4.28. The molecule has 7 nitrogen and oxygen atoms in total. The van der Waals surface area contributed by atoms with E-state index in [1.54, 1.807) is 0 Å². The second-order valence-corrected chi connectivity index (χ2v) is 10.1. The molecule has 1 aromatic heterocycles. The van der Waals surface area contributed by atoms with Gasteiger partial charge in [-0.15, -0.1) is 0 Å². The SMILES string of the molecule is O=C1[C@H](Oc2ccc(C(F)(F)F)cn2)C[C@H]2CN(S(=O)(=O)c3cccc(C(F)(F)F)c3)CCCN12. The normalized spacial score (nSPS) is 22.1. The fourth-order valence-corrected chi connectivity index (χ4v) is 5.67. The fraction of sp³-hybridized carbons (Fsp3) is 0.429. The number of alkyl halides is 6. The van der Waals surface area contributed by atoms with Crippen LogP contribution in [0.5, 0.6) is 5.88 Å². The van der Waals surface area contributed by atoms with Gasteiger partial charge in [-0.3, -0.25) is 4.79 Å². The molecule has 0 saturated carbocycles. The van der Waals surface area contributed by atoms with Crippen LogP contribution in [0.15, 0.2) is 47.5 Å². The number of carbonyl (C=O) groups excluding carboxylic acids is 1. The molecular weight excluding hydrogens is 504 g/mol. The van der Waals surface area contributed by atoms with E-state index in [1.165, 1.54) is 4.90 Å². The molecule has 2 aromatic rings. The number of hydrogen-bond donors (Lipinski definition) is 0. The molecule has 3 heterocycles. The van der Waals surface area contributed by atoms with Crippen LogP contribution in [0.1, 0.15) is 24.0 Å². The molecule has 1 amide bonds. The van der Waals surface area contributed by atoms with Crippen LogP contribution in [-0.4, -0.2) is 60.3 Å². The van der Waals surface area contributed by atoms with E-state index in [-0.39, 0.29) is 38.4 Å². The van der Waals surface area contributed by atoms with E-state index in [0.29, 0.717) is 12.3 Å². The summed E-state index contributed by atoms with van der Waals surface area (Å²) in [6.07, 6.45) is -9.52. The van der Waals surface area contributed by atoms with Gasteiger partial charge in [-0.25, -0.2) is 13.4 Å². The molecule has 2 fully saturated rings. The summed E-state index contributed by atoms with van der Waals surface area (Å²) in [4.78, 5) is 17.3. The summed E-state index contributed by atoms with van der Waals surface area (Å²) in [6.45, 7) is 0.0356. The quantitative estimate of drug-likeness (QED) is 0.573. The highest BCUT2D eigenvalue weighted by Crippen LogP contribution is 2.33. The molecule has 0 unspecified atom stereocenters. The number of hydrogen-bond acceptors (Lipinski definition) is 5. The van der Waals surface area contributed by atoms with Crippen molar-refractivity contribution in [2.24, 2.45) is 0 Å². The lowest BCUT2D eigenvalue weighted by Crippen LogP contribution is -2.41. The van der Waals surface area contributed by atoms with Crippen molar-refractivity contribution in [3.63, 3.8) is 0 Å². The van der Waals surface area contributed by atoms with Crippen LogP contribution >= 0.6 is 0 Å². The molecule has 4 rings (SSSR count). The molecule has 0 spiro atoms. The van der Waals surface area contributed by atoms with Crippen LogP contribution in [0.4, 0.5) is 26.3 Å². The standard InChI is InChI=1S/C21H19F6N3O4S/c22-20(23,24)13-3-1-4-16(9-13)35(32,33)29-7-2-8-30-15(12-29)10-17(19(30)31)34-18-6-5-14(11-28-18)21(25,26)27/h1,3-6,9,11,15,17H,2,7-8,10,12H2/t15-,17+/m0/s1. The van der Waals surface area contributed by atoms with Gasteiger partial charge in [0.05, 0.1) is 16.0 Å². The number of pyridine rings is 1. The van der Waals surface area contributed by atoms with E-state index in [9.17, 15) is 39.6 Å². The Morgan fingerprint density at radius 3 is 2.31 bits per heavy atom. The Kier molecular flexibility index (Phi) is 6.47. The Labute approximate surface area is 196 Å². The molecular formula is C21H19F6N3O4S. The Bertz CT molecular complexity index is 1200. The van der Waals surface area contributed by atoms with Crippen LogP contribution in [-0.2, 0) is 27.2 Å². The minimum atomic E-state index is -4.71. The van der Waals surface area contributed by atoms with E-state index < -0.39 is 56.5 Å². The lowest BCUT2D eigenvalue weighted by Gasteiger charge is -2.25. The van der Waals surface area contributed by atoms with Crippen molar-refractivity contribution in [3.05, 3.63) is 53.7 Å². The number of rotatable bonds is 4. The molecule has 2 saturated heterocycles. The Morgan fingerprint density at radius 1 is 0.971 bits per heavy atom. The molecule has 190 valence electrons. The third-order valence-corrected chi connectivity index (χ3v) is 7.69. The van der Waals surface area contributed by atoms with Crippen molar-refractivity contribution >= 4 is 15.9 Å². The van der Waals surface area contributed by atoms with Gasteiger partial charge < -0.3 is 9.64 Å². The number of fused-ring (bicyclic) bond motifs is 1. The maximum atomic E-state index is 13.1. The van der Waals surface area contributed by atoms with Gasteiger partial charge in [0.25, 0.3) is 5.91 Å². The van der Waals surface area contributed by atoms with Gasteiger partial charge in [0.2, 0.25) is 15.9 Å². The first-order chi connectivity index (χ1) is 16.3. The monoisotopic (exact) mass is 523 g/mol. The van der Waals surface area contributed by atoms with Crippen molar-refractivity contribution in [3.8, 4) is 5.88 Å². The van der Waals surface area contributed by atoms with Gasteiger partial charge in [-0.05, 0) is 30.7 Å². The lowest BCUT2D eigenvalue weighted by molar-refractivity contribution is -0.138. The first-order valence-corrected chi connectivity index (χ1v) is 11.9. The highest BCUT2D eigenvalue weighted by atomic mass is 32.2. The summed E-state index contributed by atoms with van der Waals surface area (Å²) in [5.41, 5.74) is -2.07. The average Bonchev–Trinajstić information content (AvgIpc) is 2.94. The zero-order valence-electron chi connectivity index (χ0n) is 17.9. The van der Waals surface area contributed by atoms with E-state index in [2.05, 4.69) is 4.98 Å². The third-order valence-electron chi connectivity index (χ3n) is 5.83. The topological polar surface area (TPSA) is 79.8 Å². The van der Waals surface area contributed by atoms with Gasteiger partial charge in [0.1, 0.15) is 0 Å². The largest absolute Gasteiger partial charge is 0.464 e. The number of aromatic nitrogens is 1. The summed E-state index contributed by atoms with van der Waals surface area (Å²) in [5.74, 6) is -0.655. The summed E-state index contributed by atoms with van der Waals surface area (Å²) in [6, 6.07) is 4.57. The molecule has 0 N–H and O–H groups in total. The predicted octanol–water partition coefficient (Wildman–Crippen LogP) is 3.56. The highest BCUT2D eigenvalue weighted by molar-refractivity contribution is 7.89. The third kappa shape index (κ3) is 5.22. The molecule has 2 aliphatic rings. The van der Waals surface area contributed by atoms with Crippen molar-refractivity contribution in [2.75, 3.05) is 19.6 Å². The first kappa shape index (κ1) is 25.2. The van der Waals surface area contributed by atoms with Gasteiger partial charge in [-0.1, -0.05) is 6.07 Å². The molecule has 0 bridgehead atoms. The van der Waals surface area contributed by atoms with Crippen molar-refractivity contribution < 1.29 is 44.3 Å². The number of ether oxygens (including phenoxy) is 1. The van der Waals surface area contributed by atoms with Gasteiger partial charge in [0.15, 0.2) is 6.10 Å². The van der Waals surface area contributed by atoms with Crippen LogP contribution in [0.2, 0.25) is 0 Å². The first-order valence-electron chi connectivity index (χ1n) is 10.4. The zero-order chi connectivity index (χ0) is 25.6. The second kappa shape index (κ2) is 8.97. The van der Waals surface area contributed by atoms with Gasteiger partial charge >= 0.3 is 12.4 Å². The van der Waals surface area contributed by atoms with Crippen molar-refractivity contribution in [1.29, 1.82) is 0 Å². The molecule has 2 aliphatic heterocycles. The number of halogens is 6. The molecule has 14 heteroatoms. The second-order valence-electron chi connectivity index (χ2n) is 8.15. The molecule has 0 radical (unpaired) electrons. The average molecular weight is 523 g/mol. The maximum absolute atomic E-state index is 13.1. The van der Waals surface area contributed by atoms with E-state index in [1.807, 2.05) is 0 Å². The zero-order valence-corrected chi connectivity index (χ0v) is 18.7. The fourth-order valence-electron chi connectivity index (χ4n) is 4.11. The Hall–Kier alpha value is -2.87. The number of nitrogens with zero attached hydrogens (tertiary/aromatic N) is 3. The Balaban J connectivity index is 1.50. The minimum Gasteiger partial charge on any atom is -0.464 e. The van der Waals surface area contributed by atoms with Gasteiger partial charge in [-0.2, -0.15) is 30.6 Å². The summed E-state index contributed by atoms with van der Waals surface area (Å²) < 4.78 is 110. The van der Waals surface area contributed by atoms with Crippen LogP contribution in [0, 0.1) is 0 Å². The van der Waals surface area contributed by atoms with Crippen molar-refractivity contribution in [2.45, 2.75) is 42.2 Å². The van der Waals surface area contributed by atoms with E-state index >= 15 is 0 Å². The number of sulfonamides is 1. The van der Waals surface area contributed by atoms with Crippen molar-refractivity contribution in [1.82, 2.24) is 14.2 Å². The van der Waals surface area contributed by atoms with Gasteiger partial charge in [0, 0.05) is 44.4 Å². The number of amides is 1. The smallest absolute Gasteiger partial charge is 0.417 e. The van der Waals surface area contributed by atoms with E-state index in [4.69, 9.17) is 4.74 Å². The molecule has 2 atom stereocenters. The number of carbonyl (C=O) groups is 1. The van der Waals surface area contributed by atoms with Crippen LogP contribution in [0.3, 0.4) is 0 Å². The lowest BCUT2D eigenvalue weighted by atomic mass is 10.2. The molecule has 1 aromatic carbocycles. The number of benzene rings is 1. The molecule has 0 aliphatic carbocycles. The van der Waals surface area contributed by atoms with Crippen LogP contribution < -0.4 is 4.74 Å².